The Hall–Kier alpha value is -0.650. The molecule has 1 fully saturated rings. The topological polar surface area (TPSA) is 55.8 Å². The van der Waals surface area contributed by atoms with Gasteiger partial charge in [0, 0.05) is 32.2 Å². The van der Waals surface area contributed by atoms with E-state index in [4.69, 9.17) is 0 Å². The van der Waals surface area contributed by atoms with Gasteiger partial charge in [-0.05, 0) is 39.3 Å². The molecule has 0 aromatic heterocycles. The van der Waals surface area contributed by atoms with Crippen LogP contribution in [0.15, 0.2) is 0 Å². The van der Waals surface area contributed by atoms with Crippen LogP contribution in [0, 0.1) is 5.92 Å². The van der Waals surface area contributed by atoms with Crippen molar-refractivity contribution in [1.29, 1.82) is 0 Å². The molecule has 0 radical (unpaired) electrons. The molecule has 0 aliphatic heterocycles. The highest BCUT2D eigenvalue weighted by atomic mass is 16.4. The van der Waals surface area contributed by atoms with E-state index in [-0.39, 0.29) is 0 Å². The zero-order chi connectivity index (χ0) is 15.1. The van der Waals surface area contributed by atoms with Crippen molar-refractivity contribution in [1.82, 2.24) is 15.1 Å². The largest absolute Gasteiger partial charge is 0.480 e. The summed E-state index contributed by atoms with van der Waals surface area (Å²) in [6, 6.07) is 0.0490. The van der Waals surface area contributed by atoms with E-state index < -0.39 is 12.0 Å². The number of nitrogens with one attached hydrogen (secondary N) is 1. The molecule has 1 unspecified atom stereocenters. The third kappa shape index (κ3) is 7.82. The Morgan fingerprint density at radius 1 is 1.25 bits per heavy atom. The van der Waals surface area contributed by atoms with Gasteiger partial charge in [0.05, 0.1) is 0 Å². The van der Waals surface area contributed by atoms with Crippen molar-refractivity contribution in [3.05, 3.63) is 0 Å². The molecule has 0 aromatic carbocycles. The van der Waals surface area contributed by atoms with Gasteiger partial charge in [0.15, 0.2) is 0 Å². The number of hydrogen-bond donors (Lipinski definition) is 2. The van der Waals surface area contributed by atoms with Crippen LogP contribution in [0.25, 0.3) is 0 Å². The molecule has 20 heavy (non-hydrogen) atoms. The Morgan fingerprint density at radius 2 is 1.90 bits per heavy atom. The summed E-state index contributed by atoms with van der Waals surface area (Å²) >= 11 is 0. The quantitative estimate of drug-likeness (QED) is 0.595. The molecular formula is C15H31N3O2. The fourth-order valence-electron chi connectivity index (χ4n) is 2.28. The molecule has 5 heteroatoms. The zero-order valence-corrected chi connectivity index (χ0v) is 13.4. The summed E-state index contributed by atoms with van der Waals surface area (Å²) in [6.45, 7) is 8.31. The molecule has 0 bridgehead atoms. The van der Waals surface area contributed by atoms with Gasteiger partial charge in [0.2, 0.25) is 0 Å². The maximum Gasteiger partial charge on any atom is 0.320 e. The van der Waals surface area contributed by atoms with E-state index in [2.05, 4.69) is 43.1 Å². The van der Waals surface area contributed by atoms with Crippen molar-refractivity contribution in [2.24, 2.45) is 5.92 Å². The fraction of sp³-hybridized carbons (Fsp3) is 0.933. The number of aliphatic carboxylic acids is 1. The molecular weight excluding hydrogens is 254 g/mol. The van der Waals surface area contributed by atoms with Crippen molar-refractivity contribution in [2.45, 2.75) is 45.2 Å². The van der Waals surface area contributed by atoms with E-state index in [1.54, 1.807) is 0 Å². The van der Waals surface area contributed by atoms with Crippen LogP contribution in [-0.2, 0) is 4.79 Å². The molecule has 0 spiro atoms. The Kier molecular flexibility index (Phi) is 7.48. The van der Waals surface area contributed by atoms with E-state index in [1.165, 1.54) is 0 Å². The second kappa shape index (κ2) is 8.60. The van der Waals surface area contributed by atoms with Crippen molar-refractivity contribution < 1.29 is 9.90 Å². The molecule has 1 aliphatic carbocycles. The van der Waals surface area contributed by atoms with Crippen LogP contribution in [0.2, 0.25) is 0 Å². The monoisotopic (exact) mass is 285 g/mol. The van der Waals surface area contributed by atoms with Crippen LogP contribution < -0.4 is 5.32 Å². The number of hydrogen-bond acceptors (Lipinski definition) is 4. The van der Waals surface area contributed by atoms with E-state index in [0.29, 0.717) is 18.4 Å². The van der Waals surface area contributed by atoms with E-state index in [9.17, 15) is 9.90 Å². The highest BCUT2D eigenvalue weighted by molar-refractivity contribution is 5.73. The highest BCUT2D eigenvalue weighted by Crippen LogP contribution is 2.20. The minimum Gasteiger partial charge on any atom is -0.480 e. The van der Waals surface area contributed by atoms with E-state index in [0.717, 1.165) is 39.0 Å². The molecule has 118 valence electrons. The minimum absolute atomic E-state index is 0.392. The normalized spacial score (nSPS) is 17.1. The van der Waals surface area contributed by atoms with E-state index in [1.807, 2.05) is 0 Å². The third-order valence-corrected chi connectivity index (χ3v) is 3.53. The second-order valence-corrected chi connectivity index (χ2v) is 6.62. The van der Waals surface area contributed by atoms with Gasteiger partial charge in [-0.1, -0.05) is 13.8 Å². The van der Waals surface area contributed by atoms with Crippen LogP contribution in [-0.4, -0.2) is 73.2 Å². The van der Waals surface area contributed by atoms with Crippen molar-refractivity contribution >= 4 is 5.97 Å². The van der Waals surface area contributed by atoms with Gasteiger partial charge in [-0.25, -0.2) is 0 Å². The first-order chi connectivity index (χ1) is 9.38. The molecule has 1 aliphatic rings. The van der Waals surface area contributed by atoms with Gasteiger partial charge in [0.25, 0.3) is 0 Å². The number of rotatable bonds is 11. The van der Waals surface area contributed by atoms with Crippen molar-refractivity contribution in [3.63, 3.8) is 0 Å². The van der Waals surface area contributed by atoms with Gasteiger partial charge in [-0.2, -0.15) is 0 Å². The average Bonchev–Trinajstić information content (AvgIpc) is 3.13. The number of carbonyl (C=O) groups is 1. The Bertz CT molecular complexity index is 291. The zero-order valence-electron chi connectivity index (χ0n) is 13.4. The summed E-state index contributed by atoms with van der Waals surface area (Å²) in [4.78, 5) is 15.8. The lowest BCUT2D eigenvalue weighted by atomic mass is 10.1. The van der Waals surface area contributed by atoms with Crippen molar-refractivity contribution in [2.75, 3.05) is 40.3 Å². The van der Waals surface area contributed by atoms with Crippen LogP contribution in [0.4, 0.5) is 0 Å². The van der Waals surface area contributed by atoms with Gasteiger partial charge < -0.3 is 20.2 Å². The maximum atomic E-state index is 11.3. The maximum absolute atomic E-state index is 11.3. The summed E-state index contributed by atoms with van der Waals surface area (Å²) in [5.74, 6) is -0.106. The minimum atomic E-state index is -0.714. The number of carboxylic acid groups (broad SMARTS) is 1. The standard InChI is InChI=1S/C15H31N3O2/c1-12(2)11-18(10-9-17(3)4)8-7-14(15(19)20)16-13-5-6-13/h12-14,16H,5-11H2,1-4H3,(H,19,20). The lowest BCUT2D eigenvalue weighted by molar-refractivity contribution is -0.139. The average molecular weight is 285 g/mol. The Morgan fingerprint density at radius 3 is 2.35 bits per heavy atom. The first-order valence-corrected chi connectivity index (χ1v) is 7.74. The van der Waals surface area contributed by atoms with E-state index >= 15 is 0 Å². The Labute approximate surface area is 123 Å². The first-order valence-electron chi connectivity index (χ1n) is 7.74. The molecule has 0 amide bonds. The number of likely N-dealkylation sites (N-methyl/N-ethyl adjacent to an activating group) is 1. The number of nitrogens with zero attached hydrogens (tertiary/aromatic N) is 2. The molecule has 2 N–H and O–H groups in total. The van der Waals surface area contributed by atoms with Crippen LogP contribution >= 0.6 is 0 Å². The molecule has 0 aromatic rings. The highest BCUT2D eigenvalue weighted by Gasteiger charge is 2.28. The van der Waals surface area contributed by atoms with Gasteiger partial charge in [-0.15, -0.1) is 0 Å². The van der Waals surface area contributed by atoms with Crippen LogP contribution in [0.5, 0.6) is 0 Å². The summed E-state index contributed by atoms with van der Waals surface area (Å²) in [7, 11) is 4.14. The molecule has 5 nitrogen and oxygen atoms in total. The predicted octanol–water partition coefficient (Wildman–Crippen LogP) is 1.10. The molecule has 1 rings (SSSR count). The second-order valence-electron chi connectivity index (χ2n) is 6.62. The summed E-state index contributed by atoms with van der Waals surface area (Å²) < 4.78 is 0. The lowest BCUT2D eigenvalue weighted by Gasteiger charge is -2.27. The fourth-order valence-corrected chi connectivity index (χ4v) is 2.28. The smallest absolute Gasteiger partial charge is 0.320 e. The predicted molar refractivity (Wildman–Crippen MR) is 82.0 cm³/mol. The Balaban J connectivity index is 2.38. The SMILES string of the molecule is CC(C)CN(CCC(NC1CC1)C(=O)O)CCN(C)C. The summed E-state index contributed by atoms with van der Waals surface area (Å²) in [5, 5.41) is 12.5. The van der Waals surface area contributed by atoms with Gasteiger partial charge in [-0.3, -0.25) is 4.79 Å². The third-order valence-electron chi connectivity index (χ3n) is 3.53. The van der Waals surface area contributed by atoms with Crippen LogP contribution in [0.3, 0.4) is 0 Å². The van der Waals surface area contributed by atoms with Gasteiger partial charge >= 0.3 is 5.97 Å². The summed E-state index contributed by atoms with van der Waals surface area (Å²) in [6.07, 6.45) is 2.94. The lowest BCUT2D eigenvalue weighted by Crippen LogP contribution is -2.42. The van der Waals surface area contributed by atoms with Gasteiger partial charge in [0.1, 0.15) is 6.04 Å². The molecule has 0 saturated heterocycles. The van der Waals surface area contributed by atoms with Crippen molar-refractivity contribution in [3.8, 4) is 0 Å². The molecule has 1 saturated carbocycles. The first kappa shape index (κ1) is 17.4. The van der Waals surface area contributed by atoms with Crippen LogP contribution in [0.1, 0.15) is 33.1 Å². The molecule has 0 heterocycles. The summed E-state index contributed by atoms with van der Waals surface area (Å²) in [5.41, 5.74) is 0. The number of carboxylic acids is 1. The molecule has 1 atom stereocenters.